The number of aromatic nitrogens is 1. The minimum absolute atomic E-state index is 0. The second kappa shape index (κ2) is 10.6. The summed E-state index contributed by atoms with van der Waals surface area (Å²) in [4.78, 5) is 28.1. The third-order valence-corrected chi connectivity index (χ3v) is 4.38. The lowest BCUT2D eigenvalue weighted by Gasteiger charge is -2.14. The van der Waals surface area contributed by atoms with Crippen LogP contribution < -0.4 is 16.4 Å². The molecule has 140 valence electrons. The van der Waals surface area contributed by atoms with Gasteiger partial charge in [0.05, 0.1) is 30.1 Å². The zero-order chi connectivity index (χ0) is 16.9. The lowest BCUT2D eigenvalue weighted by molar-refractivity contribution is -0.122. The first-order valence-corrected chi connectivity index (χ1v) is 8.29. The fourth-order valence-electron chi connectivity index (χ4n) is 1.54. The summed E-state index contributed by atoms with van der Waals surface area (Å²) in [6, 6.07) is 3.44. The van der Waals surface area contributed by atoms with Crippen molar-refractivity contribution in [2.45, 2.75) is 12.3 Å². The topological polar surface area (TPSA) is 97.1 Å². The van der Waals surface area contributed by atoms with Crippen molar-refractivity contribution in [2.24, 2.45) is 5.73 Å². The summed E-state index contributed by atoms with van der Waals surface area (Å²) < 4.78 is 25.9. The smallest absolute Gasteiger partial charge is 0.277 e. The maximum atomic E-state index is 12.9. The molecule has 0 aromatic carbocycles. The van der Waals surface area contributed by atoms with E-state index in [9.17, 15) is 18.4 Å². The molecular formula is C13H16Cl2F2N4O2S2. The highest BCUT2D eigenvalue weighted by molar-refractivity contribution is 7.14. The van der Waals surface area contributed by atoms with Crippen LogP contribution >= 0.6 is 47.5 Å². The minimum atomic E-state index is -3.13. The van der Waals surface area contributed by atoms with Gasteiger partial charge in [0, 0.05) is 5.38 Å². The number of anilines is 1. The number of hydrogen-bond donors (Lipinski definition) is 3. The van der Waals surface area contributed by atoms with Gasteiger partial charge < -0.3 is 11.1 Å². The van der Waals surface area contributed by atoms with E-state index >= 15 is 0 Å². The number of nitrogens with two attached hydrogens (primary N) is 1. The first-order chi connectivity index (χ1) is 10.9. The number of alkyl halides is 2. The highest BCUT2D eigenvalue weighted by Gasteiger charge is 2.27. The van der Waals surface area contributed by atoms with Crippen LogP contribution in [0.25, 0.3) is 0 Å². The van der Waals surface area contributed by atoms with Gasteiger partial charge in [0.15, 0.2) is 5.13 Å². The predicted molar refractivity (Wildman–Crippen MR) is 99.6 cm³/mol. The standard InChI is InChI=1S/C13H14F2N4O2S2.2ClH/c14-13(15,6-16)7-17-10(20)4-8-5-23-12(18-8)19-11(21)9-2-1-3-22-9;;/h1-3,5H,4,6-7,16H2,(H,17,20)(H,18,19,21);2*1H. The highest BCUT2D eigenvalue weighted by atomic mass is 35.5. The average molecular weight is 433 g/mol. The van der Waals surface area contributed by atoms with E-state index < -0.39 is 24.9 Å². The van der Waals surface area contributed by atoms with Crippen molar-refractivity contribution in [1.82, 2.24) is 10.3 Å². The van der Waals surface area contributed by atoms with Gasteiger partial charge in [0.25, 0.3) is 11.8 Å². The number of hydrogen-bond acceptors (Lipinski definition) is 6. The number of carbonyl (C=O) groups excluding carboxylic acids is 2. The van der Waals surface area contributed by atoms with Crippen molar-refractivity contribution in [3.8, 4) is 0 Å². The maximum Gasteiger partial charge on any atom is 0.277 e. The highest BCUT2D eigenvalue weighted by Crippen LogP contribution is 2.18. The van der Waals surface area contributed by atoms with E-state index in [2.05, 4.69) is 15.6 Å². The molecule has 25 heavy (non-hydrogen) atoms. The van der Waals surface area contributed by atoms with Crippen LogP contribution in [0.15, 0.2) is 22.9 Å². The molecule has 0 aliphatic carbocycles. The fraction of sp³-hybridized carbons (Fsp3) is 0.308. The maximum absolute atomic E-state index is 12.9. The number of thiophene rings is 1. The van der Waals surface area contributed by atoms with E-state index in [0.717, 1.165) is 11.3 Å². The number of nitrogens with zero attached hydrogens (tertiary/aromatic N) is 1. The number of halogens is 4. The summed E-state index contributed by atoms with van der Waals surface area (Å²) >= 11 is 2.46. The molecule has 2 aromatic rings. The van der Waals surface area contributed by atoms with Gasteiger partial charge in [0.1, 0.15) is 0 Å². The van der Waals surface area contributed by atoms with Crippen LogP contribution in [0.1, 0.15) is 15.4 Å². The van der Waals surface area contributed by atoms with Crippen LogP contribution in [0, 0.1) is 0 Å². The van der Waals surface area contributed by atoms with Crippen molar-refractivity contribution in [2.75, 3.05) is 18.4 Å². The number of carbonyl (C=O) groups is 2. The second-order valence-corrected chi connectivity index (χ2v) is 6.39. The van der Waals surface area contributed by atoms with Crippen LogP contribution in [0.4, 0.5) is 13.9 Å². The third-order valence-electron chi connectivity index (χ3n) is 2.70. The van der Waals surface area contributed by atoms with E-state index in [1.54, 1.807) is 22.9 Å². The van der Waals surface area contributed by atoms with Crippen molar-refractivity contribution < 1.29 is 18.4 Å². The molecule has 0 fully saturated rings. The molecule has 0 bridgehead atoms. The fourth-order valence-corrected chi connectivity index (χ4v) is 2.86. The molecule has 0 spiro atoms. The molecule has 0 atom stereocenters. The Morgan fingerprint density at radius 3 is 2.60 bits per heavy atom. The lowest BCUT2D eigenvalue weighted by Crippen LogP contribution is -2.42. The van der Waals surface area contributed by atoms with Crippen molar-refractivity contribution >= 4 is 64.4 Å². The van der Waals surface area contributed by atoms with Gasteiger partial charge in [-0.15, -0.1) is 47.5 Å². The Balaban J connectivity index is 0.00000288. The summed E-state index contributed by atoms with van der Waals surface area (Å²) in [6.45, 7) is -1.64. The predicted octanol–water partition coefficient (Wildman–Crippen LogP) is 2.55. The lowest BCUT2D eigenvalue weighted by atomic mass is 10.3. The normalized spacial score (nSPS) is 10.4. The van der Waals surface area contributed by atoms with Gasteiger partial charge >= 0.3 is 0 Å². The Morgan fingerprint density at radius 2 is 2.00 bits per heavy atom. The Labute approximate surface area is 163 Å². The van der Waals surface area contributed by atoms with E-state index in [4.69, 9.17) is 5.73 Å². The number of thiazole rings is 1. The first kappa shape index (κ1) is 23.7. The Morgan fingerprint density at radius 1 is 1.28 bits per heavy atom. The van der Waals surface area contributed by atoms with Gasteiger partial charge in [-0.25, -0.2) is 13.8 Å². The summed E-state index contributed by atoms with van der Waals surface area (Å²) in [7, 11) is 0. The molecule has 2 heterocycles. The Bertz CT molecular complexity index is 683. The molecule has 0 radical (unpaired) electrons. The first-order valence-electron chi connectivity index (χ1n) is 6.53. The van der Waals surface area contributed by atoms with Crippen LogP contribution in [0.2, 0.25) is 0 Å². The molecule has 12 heteroatoms. The third kappa shape index (κ3) is 7.61. The number of rotatable bonds is 7. The summed E-state index contributed by atoms with van der Waals surface area (Å²) in [6.07, 6.45) is -0.147. The summed E-state index contributed by atoms with van der Waals surface area (Å²) in [5.41, 5.74) is 5.28. The van der Waals surface area contributed by atoms with Gasteiger partial charge in [-0.1, -0.05) is 6.07 Å². The van der Waals surface area contributed by atoms with Gasteiger partial charge in [-0.05, 0) is 11.4 Å². The van der Waals surface area contributed by atoms with E-state index in [1.807, 2.05) is 0 Å². The zero-order valence-electron chi connectivity index (χ0n) is 12.7. The molecule has 0 unspecified atom stereocenters. The van der Waals surface area contributed by atoms with Crippen molar-refractivity contribution in [3.05, 3.63) is 33.5 Å². The van der Waals surface area contributed by atoms with E-state index in [1.165, 1.54) is 11.3 Å². The van der Waals surface area contributed by atoms with Crippen LogP contribution in [0.5, 0.6) is 0 Å². The molecule has 0 saturated heterocycles. The Kier molecular flexibility index (Phi) is 10.0. The van der Waals surface area contributed by atoms with Crippen LogP contribution in [-0.4, -0.2) is 35.8 Å². The molecule has 2 amide bonds. The molecule has 0 aliphatic heterocycles. The quantitative estimate of drug-likeness (QED) is 0.625. The van der Waals surface area contributed by atoms with Crippen molar-refractivity contribution in [1.29, 1.82) is 0 Å². The SMILES string of the molecule is Cl.Cl.NCC(F)(F)CNC(=O)Cc1csc(NC(=O)c2cccs2)n1. The number of amides is 2. The van der Waals surface area contributed by atoms with Gasteiger partial charge in [-0.3, -0.25) is 14.9 Å². The minimum Gasteiger partial charge on any atom is -0.350 e. The molecule has 0 saturated carbocycles. The van der Waals surface area contributed by atoms with Gasteiger partial charge in [-0.2, -0.15) is 0 Å². The van der Waals surface area contributed by atoms with E-state index in [0.29, 0.717) is 15.7 Å². The molecule has 0 aliphatic rings. The molecular weight excluding hydrogens is 417 g/mol. The summed E-state index contributed by atoms with van der Waals surface area (Å²) in [5, 5.41) is 8.43. The Hall–Kier alpha value is -1.33. The van der Waals surface area contributed by atoms with E-state index in [-0.39, 0.29) is 37.1 Å². The monoisotopic (exact) mass is 432 g/mol. The zero-order valence-corrected chi connectivity index (χ0v) is 15.9. The van der Waals surface area contributed by atoms with Crippen molar-refractivity contribution in [3.63, 3.8) is 0 Å². The molecule has 2 aromatic heterocycles. The van der Waals surface area contributed by atoms with Gasteiger partial charge in [0.2, 0.25) is 5.91 Å². The summed E-state index contributed by atoms with van der Waals surface area (Å²) in [5.74, 6) is -4.00. The second-order valence-electron chi connectivity index (χ2n) is 4.59. The van der Waals surface area contributed by atoms with Crippen LogP contribution in [-0.2, 0) is 11.2 Å². The number of nitrogens with one attached hydrogen (secondary N) is 2. The van der Waals surface area contributed by atoms with Crippen LogP contribution in [0.3, 0.4) is 0 Å². The average Bonchev–Trinajstić information content (AvgIpc) is 3.17. The molecule has 4 N–H and O–H groups in total. The molecule has 2 rings (SSSR count). The molecule has 6 nitrogen and oxygen atoms in total. The largest absolute Gasteiger partial charge is 0.350 e.